The van der Waals surface area contributed by atoms with Crippen LogP contribution in [0, 0.1) is 0 Å². The molecule has 2 N–H and O–H groups in total. The number of amides is 1. The third kappa shape index (κ3) is 3.46. The average Bonchev–Trinajstić information content (AvgIpc) is 3.38. The van der Waals surface area contributed by atoms with Crippen molar-refractivity contribution < 1.29 is 9.21 Å². The molecule has 0 spiro atoms. The van der Waals surface area contributed by atoms with Gasteiger partial charge in [-0.3, -0.25) is 4.79 Å². The van der Waals surface area contributed by atoms with E-state index in [0.29, 0.717) is 15.9 Å². The highest BCUT2D eigenvalue weighted by molar-refractivity contribution is 8.01. The zero-order chi connectivity index (χ0) is 17.2. The molecule has 7 nitrogen and oxygen atoms in total. The van der Waals surface area contributed by atoms with Gasteiger partial charge in [-0.25, -0.2) is 5.01 Å². The first-order valence-electron chi connectivity index (χ1n) is 7.39. The molecule has 0 aliphatic carbocycles. The van der Waals surface area contributed by atoms with Gasteiger partial charge >= 0.3 is 0 Å². The summed E-state index contributed by atoms with van der Waals surface area (Å²) in [6.45, 7) is 0. The van der Waals surface area contributed by atoms with Gasteiger partial charge in [0, 0.05) is 6.42 Å². The van der Waals surface area contributed by atoms with Crippen LogP contribution in [0.2, 0.25) is 0 Å². The van der Waals surface area contributed by atoms with Gasteiger partial charge in [-0.2, -0.15) is 5.10 Å². The van der Waals surface area contributed by atoms with Gasteiger partial charge in [-0.1, -0.05) is 29.2 Å². The van der Waals surface area contributed by atoms with Gasteiger partial charge in [0.25, 0.3) is 5.91 Å². The summed E-state index contributed by atoms with van der Waals surface area (Å²) >= 11 is 4.19. The molecule has 4 rings (SSSR count). The van der Waals surface area contributed by atoms with Crippen molar-refractivity contribution in [1.29, 1.82) is 0 Å². The molecule has 1 amide bonds. The van der Waals surface area contributed by atoms with Crippen LogP contribution in [0.5, 0.6) is 0 Å². The lowest BCUT2D eigenvalue weighted by Crippen LogP contribution is -2.28. The smallest absolute Gasteiger partial charge is 0.253 e. The molecular weight excluding hydrogens is 378 g/mol. The molecule has 3 aromatic rings. The van der Waals surface area contributed by atoms with E-state index >= 15 is 0 Å². The number of nitrogen functional groups attached to an aromatic ring is 1. The maximum atomic E-state index is 12.7. The lowest BCUT2D eigenvalue weighted by atomic mass is 10.1. The molecule has 128 valence electrons. The number of anilines is 1. The Morgan fingerprint density at radius 1 is 1.40 bits per heavy atom. The second-order valence-electron chi connectivity index (χ2n) is 5.19. The zero-order valence-electron chi connectivity index (χ0n) is 12.9. The molecule has 1 unspecified atom stereocenters. The van der Waals surface area contributed by atoms with Crippen molar-refractivity contribution in [3.63, 3.8) is 0 Å². The van der Waals surface area contributed by atoms with E-state index in [1.54, 1.807) is 17.6 Å². The fraction of sp³-hybridized carbons (Fsp3) is 0.200. The number of nitrogens with zero attached hydrogens (tertiary/aromatic N) is 4. The Hall–Kier alpha value is -2.17. The Morgan fingerprint density at radius 2 is 2.32 bits per heavy atom. The summed E-state index contributed by atoms with van der Waals surface area (Å²) < 4.78 is 6.19. The highest BCUT2D eigenvalue weighted by atomic mass is 32.2. The number of hydrogen-bond acceptors (Lipinski definition) is 9. The number of aromatic nitrogens is 2. The van der Waals surface area contributed by atoms with Crippen LogP contribution in [-0.2, 0) is 4.79 Å². The molecule has 10 heteroatoms. The third-order valence-electron chi connectivity index (χ3n) is 3.58. The lowest BCUT2D eigenvalue weighted by molar-refractivity contribution is -0.130. The van der Waals surface area contributed by atoms with E-state index in [4.69, 9.17) is 10.2 Å². The van der Waals surface area contributed by atoms with Gasteiger partial charge in [0.1, 0.15) is 11.8 Å². The van der Waals surface area contributed by atoms with Crippen molar-refractivity contribution in [1.82, 2.24) is 15.2 Å². The van der Waals surface area contributed by atoms with Crippen molar-refractivity contribution in [3.05, 3.63) is 46.5 Å². The van der Waals surface area contributed by atoms with E-state index < -0.39 is 0 Å². The molecule has 0 radical (unpaired) electrons. The van der Waals surface area contributed by atoms with Crippen LogP contribution >= 0.6 is 34.4 Å². The van der Waals surface area contributed by atoms with Gasteiger partial charge in [-0.05, 0) is 23.6 Å². The Kier molecular flexibility index (Phi) is 4.55. The normalized spacial score (nSPS) is 17.0. The number of furan rings is 1. The summed E-state index contributed by atoms with van der Waals surface area (Å²) in [4.78, 5) is 13.8. The molecule has 1 atom stereocenters. The highest BCUT2D eigenvalue weighted by Gasteiger charge is 2.35. The van der Waals surface area contributed by atoms with Crippen molar-refractivity contribution in [3.8, 4) is 0 Å². The second kappa shape index (κ2) is 6.98. The predicted molar refractivity (Wildman–Crippen MR) is 98.8 cm³/mol. The first-order valence-corrected chi connectivity index (χ1v) is 10.1. The second-order valence-corrected chi connectivity index (χ2v) is 8.37. The number of hydrogen-bond donors (Lipinski definition) is 1. The van der Waals surface area contributed by atoms with Gasteiger partial charge < -0.3 is 10.2 Å². The molecule has 1 aliphatic rings. The highest BCUT2D eigenvalue weighted by Crippen LogP contribution is 2.35. The summed E-state index contributed by atoms with van der Waals surface area (Å²) in [6, 6.07) is 7.45. The fourth-order valence-corrected chi connectivity index (χ4v) is 4.71. The summed E-state index contributed by atoms with van der Waals surface area (Å²) in [5.74, 6) is 0.841. The van der Waals surface area contributed by atoms with Crippen LogP contribution in [-0.4, -0.2) is 32.6 Å². The summed E-state index contributed by atoms with van der Waals surface area (Å²) in [5.41, 5.74) is 6.47. The van der Waals surface area contributed by atoms with Crippen molar-refractivity contribution in [2.75, 3.05) is 11.5 Å². The Morgan fingerprint density at radius 3 is 3.00 bits per heavy atom. The van der Waals surface area contributed by atoms with E-state index in [1.807, 2.05) is 29.6 Å². The topological polar surface area (TPSA) is 97.6 Å². The Labute approximate surface area is 155 Å². The molecule has 0 saturated carbocycles. The van der Waals surface area contributed by atoms with Crippen LogP contribution in [0.15, 0.2) is 49.8 Å². The average molecular weight is 392 g/mol. The lowest BCUT2D eigenvalue weighted by Gasteiger charge is -2.19. The van der Waals surface area contributed by atoms with E-state index in [9.17, 15) is 4.79 Å². The molecule has 0 aromatic carbocycles. The maximum absolute atomic E-state index is 12.7. The fourth-order valence-electron chi connectivity index (χ4n) is 2.50. The van der Waals surface area contributed by atoms with Crippen molar-refractivity contribution in [2.45, 2.75) is 16.8 Å². The van der Waals surface area contributed by atoms with E-state index in [0.717, 1.165) is 16.3 Å². The predicted octanol–water partition coefficient (Wildman–Crippen LogP) is 3.24. The SMILES string of the molecule is Nc1nnc(SCC(=O)N2N=C(c3cccs3)CC2c2ccco2)s1. The van der Waals surface area contributed by atoms with Crippen LogP contribution < -0.4 is 5.73 Å². The van der Waals surface area contributed by atoms with Crippen LogP contribution in [0.3, 0.4) is 0 Å². The molecule has 3 aromatic heterocycles. The molecule has 25 heavy (non-hydrogen) atoms. The van der Waals surface area contributed by atoms with E-state index in [-0.39, 0.29) is 17.7 Å². The Balaban J connectivity index is 1.53. The van der Waals surface area contributed by atoms with Crippen molar-refractivity contribution in [2.24, 2.45) is 5.10 Å². The van der Waals surface area contributed by atoms with Crippen molar-refractivity contribution >= 4 is 51.2 Å². The summed E-state index contributed by atoms with van der Waals surface area (Å²) in [6.07, 6.45) is 2.25. The third-order valence-corrected chi connectivity index (χ3v) is 6.37. The summed E-state index contributed by atoms with van der Waals surface area (Å²) in [5, 5.41) is 16.2. The number of carbonyl (C=O) groups excluding carboxylic acids is 1. The number of thioether (sulfide) groups is 1. The first kappa shape index (κ1) is 16.3. The molecule has 4 heterocycles. The molecule has 1 aliphatic heterocycles. The number of carbonyl (C=O) groups is 1. The summed E-state index contributed by atoms with van der Waals surface area (Å²) in [7, 11) is 0. The van der Waals surface area contributed by atoms with Crippen LogP contribution in [0.1, 0.15) is 23.1 Å². The quantitative estimate of drug-likeness (QED) is 0.671. The van der Waals surface area contributed by atoms with E-state index in [2.05, 4.69) is 15.3 Å². The van der Waals surface area contributed by atoms with Crippen LogP contribution in [0.4, 0.5) is 5.13 Å². The molecule has 0 saturated heterocycles. The molecule has 0 bridgehead atoms. The standard InChI is InChI=1S/C15H13N5O2S3/c16-14-17-18-15(25-14)24-8-13(21)20-10(11-3-1-5-22-11)7-9(19-20)12-4-2-6-23-12/h1-6,10H,7-8H2,(H2,16,17). The first-order chi connectivity index (χ1) is 12.2. The van der Waals surface area contributed by atoms with Gasteiger partial charge in [0.15, 0.2) is 4.34 Å². The van der Waals surface area contributed by atoms with Gasteiger partial charge in [-0.15, -0.1) is 21.5 Å². The van der Waals surface area contributed by atoms with E-state index in [1.165, 1.54) is 28.1 Å². The minimum absolute atomic E-state index is 0.105. The number of hydrazone groups is 1. The number of rotatable bonds is 5. The molecule has 0 fully saturated rings. The largest absolute Gasteiger partial charge is 0.467 e. The minimum Gasteiger partial charge on any atom is -0.467 e. The minimum atomic E-state index is -0.223. The zero-order valence-corrected chi connectivity index (χ0v) is 15.3. The number of thiophene rings is 1. The maximum Gasteiger partial charge on any atom is 0.253 e. The monoisotopic (exact) mass is 391 g/mol. The number of nitrogens with two attached hydrogens (primary N) is 1. The molecular formula is C15H13N5O2S3. The Bertz CT molecular complexity index is 888. The van der Waals surface area contributed by atoms with Gasteiger partial charge in [0.05, 0.1) is 22.6 Å². The van der Waals surface area contributed by atoms with Crippen LogP contribution in [0.25, 0.3) is 0 Å². The van der Waals surface area contributed by atoms with Gasteiger partial charge in [0.2, 0.25) is 5.13 Å².